The van der Waals surface area contributed by atoms with Crippen molar-refractivity contribution in [2.75, 3.05) is 7.05 Å². The van der Waals surface area contributed by atoms with Crippen molar-refractivity contribution in [3.8, 4) is 5.75 Å². The topological polar surface area (TPSA) is 12.5 Å². The minimum atomic E-state index is 0. The highest BCUT2D eigenvalue weighted by atomic mass is 79.9. The molecular formula is C14H16BrCl2NO. The van der Waals surface area contributed by atoms with E-state index >= 15 is 0 Å². The van der Waals surface area contributed by atoms with Crippen LogP contribution in [0, 0.1) is 0 Å². The maximum Gasteiger partial charge on any atom is 0.120 e. The Labute approximate surface area is 133 Å². The van der Waals surface area contributed by atoms with E-state index in [1.54, 1.807) is 0 Å². The van der Waals surface area contributed by atoms with Crippen molar-refractivity contribution < 1.29 is 4.74 Å². The molecule has 1 saturated heterocycles. The molecule has 2 aliphatic heterocycles. The Morgan fingerprint density at radius 2 is 1.89 bits per heavy atom. The molecule has 2 atom stereocenters. The van der Waals surface area contributed by atoms with Gasteiger partial charge < -0.3 is 4.74 Å². The van der Waals surface area contributed by atoms with Crippen LogP contribution in [0.1, 0.15) is 12.8 Å². The van der Waals surface area contributed by atoms with Crippen LogP contribution in [0.2, 0.25) is 5.02 Å². The van der Waals surface area contributed by atoms with Crippen molar-refractivity contribution in [2.24, 2.45) is 0 Å². The Morgan fingerprint density at radius 1 is 1.26 bits per heavy atom. The van der Waals surface area contributed by atoms with Crippen LogP contribution in [0.5, 0.6) is 5.75 Å². The van der Waals surface area contributed by atoms with Crippen LogP contribution >= 0.6 is 39.9 Å². The third kappa shape index (κ3) is 3.10. The van der Waals surface area contributed by atoms with E-state index in [2.05, 4.69) is 40.0 Å². The molecular weight excluding hydrogens is 349 g/mol. The summed E-state index contributed by atoms with van der Waals surface area (Å²) >= 11 is 9.40. The molecule has 2 aliphatic rings. The molecule has 1 fully saturated rings. The molecule has 1 aromatic carbocycles. The quantitative estimate of drug-likeness (QED) is 0.725. The maximum atomic E-state index is 6.06. The van der Waals surface area contributed by atoms with Crippen LogP contribution in [-0.4, -0.2) is 30.1 Å². The zero-order valence-corrected chi connectivity index (χ0v) is 13.7. The second-order valence-electron chi connectivity index (χ2n) is 4.97. The van der Waals surface area contributed by atoms with Gasteiger partial charge in [0.15, 0.2) is 0 Å². The summed E-state index contributed by atoms with van der Waals surface area (Å²) in [5, 5.41) is 0.715. The summed E-state index contributed by atoms with van der Waals surface area (Å²) in [6.07, 6.45) is 7.00. The molecule has 104 valence electrons. The molecule has 0 spiro atoms. The van der Waals surface area contributed by atoms with E-state index in [0.717, 1.165) is 23.1 Å². The highest BCUT2D eigenvalue weighted by Gasteiger charge is 2.35. The van der Waals surface area contributed by atoms with E-state index in [0.29, 0.717) is 23.2 Å². The molecule has 19 heavy (non-hydrogen) atoms. The van der Waals surface area contributed by atoms with Crippen LogP contribution in [0.4, 0.5) is 0 Å². The highest BCUT2D eigenvalue weighted by molar-refractivity contribution is 9.10. The van der Waals surface area contributed by atoms with Gasteiger partial charge in [-0.3, -0.25) is 4.90 Å². The van der Waals surface area contributed by atoms with Gasteiger partial charge in [-0.05, 0) is 41.2 Å². The lowest BCUT2D eigenvalue weighted by Gasteiger charge is -2.36. The van der Waals surface area contributed by atoms with Crippen LogP contribution in [-0.2, 0) is 0 Å². The molecule has 2 bridgehead atoms. The minimum Gasteiger partial charge on any atom is -0.490 e. The van der Waals surface area contributed by atoms with Gasteiger partial charge in [0.05, 0.1) is 5.02 Å². The third-order valence-electron chi connectivity index (χ3n) is 3.80. The third-order valence-corrected chi connectivity index (χ3v) is 5.02. The van der Waals surface area contributed by atoms with Crippen molar-refractivity contribution in [1.29, 1.82) is 0 Å². The van der Waals surface area contributed by atoms with Gasteiger partial charge in [0.1, 0.15) is 11.9 Å². The Kier molecular flexibility index (Phi) is 4.83. The molecule has 3 rings (SSSR count). The number of ether oxygens (including phenoxy) is 1. The zero-order valence-electron chi connectivity index (χ0n) is 10.6. The molecule has 0 radical (unpaired) electrons. The first-order valence-electron chi connectivity index (χ1n) is 6.15. The number of fused-ring (bicyclic) bond motifs is 2. The molecule has 0 aliphatic carbocycles. The first-order chi connectivity index (χ1) is 8.63. The maximum absolute atomic E-state index is 6.06. The summed E-state index contributed by atoms with van der Waals surface area (Å²) in [7, 11) is 2.18. The Balaban J connectivity index is 0.00000133. The number of piperidine rings is 1. The summed E-state index contributed by atoms with van der Waals surface area (Å²) in [6.45, 7) is 0. The van der Waals surface area contributed by atoms with Crippen molar-refractivity contribution in [3.63, 3.8) is 0 Å². The normalized spacial score (nSPS) is 29.1. The SMILES string of the molecule is CN1C2C=CC1CC(Oc1ccc(Cl)c(Br)c1)C2.Cl. The predicted octanol–water partition coefficient (Wildman–Crippen LogP) is 4.30. The van der Waals surface area contributed by atoms with Gasteiger partial charge in [0.2, 0.25) is 0 Å². The molecule has 2 heterocycles. The number of nitrogens with zero attached hydrogens (tertiary/aromatic N) is 1. The second-order valence-corrected chi connectivity index (χ2v) is 6.23. The molecule has 0 amide bonds. The highest BCUT2D eigenvalue weighted by Crippen LogP contribution is 2.33. The number of rotatable bonds is 2. The lowest BCUT2D eigenvalue weighted by Crippen LogP contribution is -2.44. The summed E-state index contributed by atoms with van der Waals surface area (Å²) in [5.41, 5.74) is 0. The average Bonchev–Trinajstić information content (AvgIpc) is 2.58. The smallest absolute Gasteiger partial charge is 0.120 e. The number of likely N-dealkylation sites (N-methyl/N-ethyl adjacent to an activating group) is 1. The summed E-state index contributed by atoms with van der Waals surface area (Å²) in [5.74, 6) is 0.889. The van der Waals surface area contributed by atoms with Gasteiger partial charge in [0.25, 0.3) is 0 Å². The molecule has 1 aromatic rings. The fourth-order valence-corrected chi connectivity index (χ4v) is 3.21. The minimum absolute atomic E-state index is 0. The van der Waals surface area contributed by atoms with Crippen molar-refractivity contribution in [1.82, 2.24) is 4.90 Å². The van der Waals surface area contributed by atoms with Crippen LogP contribution in [0.15, 0.2) is 34.8 Å². The fourth-order valence-electron chi connectivity index (χ4n) is 2.74. The molecule has 2 unspecified atom stereocenters. The first-order valence-corrected chi connectivity index (χ1v) is 7.32. The number of benzene rings is 1. The van der Waals surface area contributed by atoms with Gasteiger partial charge >= 0.3 is 0 Å². The fraction of sp³-hybridized carbons (Fsp3) is 0.429. The van der Waals surface area contributed by atoms with Crippen LogP contribution < -0.4 is 4.74 Å². The zero-order chi connectivity index (χ0) is 12.7. The van der Waals surface area contributed by atoms with E-state index in [-0.39, 0.29) is 12.4 Å². The molecule has 2 nitrogen and oxygen atoms in total. The van der Waals surface area contributed by atoms with E-state index in [1.807, 2.05) is 18.2 Å². The second kappa shape index (κ2) is 6.04. The predicted molar refractivity (Wildman–Crippen MR) is 84.5 cm³/mol. The van der Waals surface area contributed by atoms with E-state index < -0.39 is 0 Å². The van der Waals surface area contributed by atoms with Gasteiger partial charge in [-0.2, -0.15) is 0 Å². The standard InChI is InChI=1S/C14H15BrClNO.ClH/c1-17-9-2-3-10(17)7-12(6-9)18-11-4-5-14(16)13(15)8-11;/h2-5,8-10,12H,6-7H2,1H3;1H. The van der Waals surface area contributed by atoms with Crippen molar-refractivity contribution in [3.05, 3.63) is 39.8 Å². The number of halogens is 3. The largest absolute Gasteiger partial charge is 0.490 e. The Morgan fingerprint density at radius 3 is 2.47 bits per heavy atom. The monoisotopic (exact) mass is 363 g/mol. The van der Waals surface area contributed by atoms with Crippen LogP contribution in [0.3, 0.4) is 0 Å². The Bertz CT molecular complexity index is 478. The molecule has 0 aromatic heterocycles. The van der Waals surface area contributed by atoms with Gasteiger partial charge in [-0.1, -0.05) is 23.8 Å². The average molecular weight is 365 g/mol. The summed E-state index contributed by atoms with van der Waals surface area (Å²) < 4.78 is 6.95. The van der Waals surface area contributed by atoms with Gasteiger partial charge in [0, 0.05) is 29.4 Å². The summed E-state index contributed by atoms with van der Waals surface area (Å²) in [6, 6.07) is 6.80. The van der Waals surface area contributed by atoms with Gasteiger partial charge in [-0.15, -0.1) is 12.4 Å². The summed E-state index contributed by atoms with van der Waals surface area (Å²) in [4.78, 5) is 2.41. The first kappa shape index (κ1) is 15.2. The van der Waals surface area contributed by atoms with E-state index in [9.17, 15) is 0 Å². The Hall–Kier alpha value is -0.220. The van der Waals surface area contributed by atoms with Crippen LogP contribution in [0.25, 0.3) is 0 Å². The van der Waals surface area contributed by atoms with Crippen molar-refractivity contribution in [2.45, 2.75) is 31.0 Å². The van der Waals surface area contributed by atoms with E-state index in [4.69, 9.17) is 16.3 Å². The molecule has 0 N–H and O–H groups in total. The van der Waals surface area contributed by atoms with Crippen molar-refractivity contribution >= 4 is 39.9 Å². The number of hydrogen-bond donors (Lipinski definition) is 0. The molecule has 5 heteroatoms. The number of hydrogen-bond acceptors (Lipinski definition) is 2. The lowest BCUT2D eigenvalue weighted by molar-refractivity contribution is 0.0751. The molecule has 0 saturated carbocycles. The van der Waals surface area contributed by atoms with Gasteiger partial charge in [-0.25, -0.2) is 0 Å². The lowest BCUT2D eigenvalue weighted by atomic mass is 9.99. The van der Waals surface area contributed by atoms with E-state index in [1.165, 1.54) is 0 Å².